The molecule has 21 heavy (non-hydrogen) atoms. The van der Waals surface area contributed by atoms with Gasteiger partial charge < -0.3 is 14.8 Å². The molecule has 1 N–H and O–H groups in total. The highest BCUT2D eigenvalue weighted by molar-refractivity contribution is 9.10. The molecule has 2 atom stereocenters. The average Bonchev–Trinajstić information content (AvgIpc) is 2.80. The van der Waals surface area contributed by atoms with Crippen molar-refractivity contribution in [3.8, 4) is 11.5 Å². The van der Waals surface area contributed by atoms with Crippen molar-refractivity contribution in [1.29, 1.82) is 0 Å². The van der Waals surface area contributed by atoms with Crippen molar-refractivity contribution in [3.63, 3.8) is 0 Å². The average molecular weight is 376 g/mol. The van der Waals surface area contributed by atoms with E-state index in [9.17, 15) is 8.42 Å². The number of fused-ring (bicyclic) bond motifs is 1. The number of nitrogens with one attached hydrogen (secondary N) is 1. The lowest BCUT2D eigenvalue weighted by Gasteiger charge is -2.26. The fourth-order valence-electron chi connectivity index (χ4n) is 3.05. The van der Waals surface area contributed by atoms with Crippen molar-refractivity contribution >= 4 is 25.8 Å². The number of halogens is 1. The van der Waals surface area contributed by atoms with Crippen LogP contribution in [0.1, 0.15) is 18.0 Å². The van der Waals surface area contributed by atoms with Crippen molar-refractivity contribution < 1.29 is 17.9 Å². The first-order valence-electron chi connectivity index (χ1n) is 6.97. The van der Waals surface area contributed by atoms with Gasteiger partial charge >= 0.3 is 0 Å². The molecule has 2 aliphatic heterocycles. The van der Waals surface area contributed by atoms with Gasteiger partial charge in [-0.15, -0.1) is 0 Å². The molecule has 2 heterocycles. The Morgan fingerprint density at radius 1 is 1.29 bits per heavy atom. The summed E-state index contributed by atoms with van der Waals surface area (Å²) in [6, 6.07) is 3.83. The molecule has 0 amide bonds. The van der Waals surface area contributed by atoms with Crippen LogP contribution in [0.2, 0.25) is 0 Å². The Balaban J connectivity index is 1.94. The van der Waals surface area contributed by atoms with Gasteiger partial charge in [0, 0.05) is 10.5 Å². The van der Waals surface area contributed by atoms with Crippen LogP contribution in [0.4, 0.5) is 0 Å². The Bertz CT molecular complexity index is 647. The van der Waals surface area contributed by atoms with E-state index in [4.69, 9.17) is 9.47 Å². The van der Waals surface area contributed by atoms with E-state index in [-0.39, 0.29) is 23.5 Å². The molecule has 5 nitrogen and oxygen atoms in total. The Kier molecular flexibility index (Phi) is 4.16. The van der Waals surface area contributed by atoms with Crippen LogP contribution in [0.5, 0.6) is 11.5 Å². The van der Waals surface area contributed by atoms with Crippen LogP contribution in [0, 0.1) is 5.92 Å². The molecular formula is C14H18BrNO4S. The normalized spacial score (nSPS) is 24.8. The number of ether oxygens (including phenoxy) is 2. The summed E-state index contributed by atoms with van der Waals surface area (Å²) in [7, 11) is -1.04. The number of benzene rings is 1. The van der Waals surface area contributed by atoms with E-state index in [1.807, 2.05) is 19.2 Å². The zero-order chi connectivity index (χ0) is 15.0. The summed E-state index contributed by atoms with van der Waals surface area (Å²) in [4.78, 5) is 0. The van der Waals surface area contributed by atoms with E-state index >= 15 is 0 Å². The molecule has 2 unspecified atom stereocenters. The first kappa shape index (κ1) is 15.1. The minimum atomic E-state index is -2.90. The zero-order valence-corrected chi connectivity index (χ0v) is 14.2. The fraction of sp³-hybridized carbons (Fsp3) is 0.571. The van der Waals surface area contributed by atoms with E-state index in [1.165, 1.54) is 0 Å². The largest absolute Gasteiger partial charge is 0.486 e. The van der Waals surface area contributed by atoms with Crippen LogP contribution in [0.3, 0.4) is 0 Å². The smallest absolute Gasteiger partial charge is 0.162 e. The molecule has 2 aliphatic rings. The third-order valence-electron chi connectivity index (χ3n) is 4.05. The molecule has 0 radical (unpaired) electrons. The van der Waals surface area contributed by atoms with Gasteiger partial charge in [0.05, 0.1) is 11.5 Å². The summed E-state index contributed by atoms with van der Waals surface area (Å²) in [5, 5.41) is 3.25. The third kappa shape index (κ3) is 3.05. The molecule has 3 rings (SSSR count). The standard InChI is InChI=1S/C14H18BrNO4S/c1-16-14(9-2-5-21(17,18)8-9)10-6-12-13(7-11(10)15)20-4-3-19-12/h6-7,9,14,16H,2-5,8H2,1H3. The molecular weight excluding hydrogens is 358 g/mol. The molecule has 1 fully saturated rings. The topological polar surface area (TPSA) is 64.6 Å². The van der Waals surface area contributed by atoms with E-state index in [0.29, 0.717) is 19.6 Å². The zero-order valence-electron chi connectivity index (χ0n) is 11.8. The Morgan fingerprint density at radius 3 is 2.52 bits per heavy atom. The van der Waals surface area contributed by atoms with Gasteiger partial charge in [-0.1, -0.05) is 15.9 Å². The number of hydrogen-bond acceptors (Lipinski definition) is 5. The second-order valence-corrected chi connectivity index (χ2v) is 8.53. The maximum atomic E-state index is 11.7. The van der Waals surface area contributed by atoms with Crippen LogP contribution in [0.25, 0.3) is 0 Å². The summed E-state index contributed by atoms with van der Waals surface area (Å²) in [5.74, 6) is 2.04. The highest BCUT2D eigenvalue weighted by Crippen LogP contribution is 2.41. The SMILES string of the molecule is CNC(c1cc2c(cc1Br)OCCO2)C1CCS(=O)(=O)C1. The van der Waals surface area contributed by atoms with E-state index < -0.39 is 9.84 Å². The maximum absolute atomic E-state index is 11.7. The third-order valence-corrected chi connectivity index (χ3v) is 6.53. The van der Waals surface area contributed by atoms with Crippen LogP contribution in [-0.4, -0.2) is 40.2 Å². The molecule has 7 heteroatoms. The van der Waals surface area contributed by atoms with Crippen LogP contribution < -0.4 is 14.8 Å². The summed E-state index contributed by atoms with van der Waals surface area (Å²) >= 11 is 3.57. The molecule has 0 bridgehead atoms. The molecule has 1 saturated heterocycles. The van der Waals surface area contributed by atoms with E-state index in [0.717, 1.165) is 21.5 Å². The van der Waals surface area contributed by atoms with Gasteiger partial charge in [0.1, 0.15) is 13.2 Å². The van der Waals surface area contributed by atoms with Crippen molar-refractivity contribution in [3.05, 3.63) is 22.2 Å². The van der Waals surface area contributed by atoms with Crippen molar-refractivity contribution in [2.75, 3.05) is 31.8 Å². The molecule has 0 aromatic heterocycles. The quantitative estimate of drug-likeness (QED) is 0.873. The molecule has 0 saturated carbocycles. The summed E-state index contributed by atoms with van der Waals surface area (Å²) in [6.45, 7) is 1.09. The summed E-state index contributed by atoms with van der Waals surface area (Å²) in [6.07, 6.45) is 0.689. The Hall–Kier alpha value is -0.790. The molecule has 0 spiro atoms. The lowest BCUT2D eigenvalue weighted by molar-refractivity contribution is 0.171. The first-order chi connectivity index (χ1) is 10.00. The predicted octanol–water partition coefficient (Wildman–Crippen LogP) is 1.92. The highest BCUT2D eigenvalue weighted by atomic mass is 79.9. The fourth-order valence-corrected chi connectivity index (χ4v) is 5.46. The lowest BCUT2D eigenvalue weighted by Crippen LogP contribution is -2.27. The number of sulfone groups is 1. The number of rotatable bonds is 3. The van der Waals surface area contributed by atoms with Crippen molar-refractivity contribution in [2.24, 2.45) is 5.92 Å². The highest BCUT2D eigenvalue weighted by Gasteiger charge is 2.35. The van der Waals surface area contributed by atoms with Crippen LogP contribution in [0.15, 0.2) is 16.6 Å². The van der Waals surface area contributed by atoms with Gasteiger partial charge in [0.15, 0.2) is 21.3 Å². The van der Waals surface area contributed by atoms with Gasteiger partial charge in [0.2, 0.25) is 0 Å². The molecule has 116 valence electrons. The van der Waals surface area contributed by atoms with Gasteiger partial charge in [-0.3, -0.25) is 0 Å². The van der Waals surface area contributed by atoms with Crippen molar-refractivity contribution in [1.82, 2.24) is 5.32 Å². The van der Waals surface area contributed by atoms with Gasteiger partial charge in [0.25, 0.3) is 0 Å². The number of hydrogen-bond donors (Lipinski definition) is 1. The Morgan fingerprint density at radius 2 is 1.95 bits per heavy atom. The van der Waals surface area contributed by atoms with Crippen LogP contribution in [-0.2, 0) is 9.84 Å². The second kappa shape index (κ2) is 5.78. The lowest BCUT2D eigenvalue weighted by atomic mass is 9.92. The van der Waals surface area contributed by atoms with Gasteiger partial charge in [-0.2, -0.15) is 0 Å². The first-order valence-corrected chi connectivity index (χ1v) is 9.58. The summed E-state index contributed by atoms with van der Waals surface area (Å²) in [5.41, 5.74) is 1.02. The van der Waals surface area contributed by atoms with Crippen LogP contribution >= 0.6 is 15.9 Å². The monoisotopic (exact) mass is 375 g/mol. The van der Waals surface area contributed by atoms with Gasteiger partial charge in [-0.05, 0) is 37.1 Å². The van der Waals surface area contributed by atoms with Crippen molar-refractivity contribution in [2.45, 2.75) is 12.5 Å². The summed E-state index contributed by atoms with van der Waals surface area (Å²) < 4.78 is 35.5. The molecule has 1 aromatic carbocycles. The molecule has 0 aliphatic carbocycles. The van der Waals surface area contributed by atoms with Gasteiger partial charge in [-0.25, -0.2) is 8.42 Å². The van der Waals surface area contributed by atoms with E-state index in [1.54, 1.807) is 0 Å². The minimum absolute atomic E-state index is 0.0209. The van der Waals surface area contributed by atoms with E-state index in [2.05, 4.69) is 21.2 Å². The maximum Gasteiger partial charge on any atom is 0.162 e. The second-order valence-electron chi connectivity index (χ2n) is 5.45. The molecule has 1 aromatic rings. The predicted molar refractivity (Wildman–Crippen MR) is 83.7 cm³/mol. The Labute approximate surface area is 133 Å². The minimum Gasteiger partial charge on any atom is -0.486 e.